The quantitative estimate of drug-likeness (QED) is 0.627. The fourth-order valence-electron chi connectivity index (χ4n) is 2.32. The smallest absolute Gasteiger partial charge is 0.183 e. The van der Waals surface area contributed by atoms with E-state index in [9.17, 15) is 10.2 Å². The van der Waals surface area contributed by atoms with Crippen molar-refractivity contribution in [2.75, 3.05) is 6.61 Å². The fraction of sp³-hybridized carbons (Fsp3) is 0.545. The van der Waals surface area contributed by atoms with Crippen molar-refractivity contribution in [3.63, 3.8) is 0 Å². The molecule has 0 spiro atoms. The van der Waals surface area contributed by atoms with Crippen LogP contribution in [0.1, 0.15) is 13.2 Å². The summed E-state index contributed by atoms with van der Waals surface area (Å²) in [5.74, 6) is 0. The van der Waals surface area contributed by atoms with Gasteiger partial charge in [0.05, 0.1) is 18.2 Å². The van der Waals surface area contributed by atoms with E-state index in [1.54, 1.807) is 12.4 Å². The number of aromatic nitrogens is 4. The molecule has 102 valence electrons. The van der Waals surface area contributed by atoms with Gasteiger partial charge in [0.1, 0.15) is 24.1 Å². The Labute approximate surface area is 108 Å². The van der Waals surface area contributed by atoms with Crippen molar-refractivity contribution in [1.29, 1.82) is 0 Å². The van der Waals surface area contributed by atoms with Gasteiger partial charge in [-0.1, -0.05) is 0 Å². The van der Waals surface area contributed by atoms with Crippen LogP contribution in [0.5, 0.6) is 0 Å². The van der Waals surface area contributed by atoms with E-state index in [-0.39, 0.29) is 6.61 Å². The largest absolute Gasteiger partial charge is 0.394 e. The SMILES string of the molecule is C[C@@]1(O)[C@H](O)[C@@H](CO)O[C@H]1n1ncc2cncnc21. The summed E-state index contributed by atoms with van der Waals surface area (Å²) in [7, 11) is 0. The first-order chi connectivity index (χ1) is 9.05. The molecule has 3 heterocycles. The van der Waals surface area contributed by atoms with Gasteiger partial charge in [0.25, 0.3) is 0 Å². The van der Waals surface area contributed by atoms with Crippen LogP contribution in [0, 0.1) is 0 Å². The van der Waals surface area contributed by atoms with Crippen LogP contribution < -0.4 is 0 Å². The lowest BCUT2D eigenvalue weighted by atomic mass is 9.97. The van der Waals surface area contributed by atoms with Gasteiger partial charge in [0.15, 0.2) is 11.9 Å². The van der Waals surface area contributed by atoms with Crippen LogP contribution in [0.25, 0.3) is 11.0 Å². The summed E-state index contributed by atoms with van der Waals surface area (Å²) in [5, 5.41) is 34.3. The Morgan fingerprint density at radius 1 is 1.47 bits per heavy atom. The highest BCUT2D eigenvalue weighted by atomic mass is 16.6. The van der Waals surface area contributed by atoms with E-state index in [2.05, 4.69) is 15.1 Å². The molecule has 1 fully saturated rings. The van der Waals surface area contributed by atoms with Crippen molar-refractivity contribution in [2.45, 2.75) is 31.0 Å². The van der Waals surface area contributed by atoms with Gasteiger partial charge >= 0.3 is 0 Å². The lowest BCUT2D eigenvalue weighted by molar-refractivity contribution is -0.100. The molecule has 0 unspecified atom stereocenters. The van der Waals surface area contributed by atoms with Crippen LogP contribution in [0.4, 0.5) is 0 Å². The molecule has 19 heavy (non-hydrogen) atoms. The Balaban J connectivity index is 2.07. The number of rotatable bonds is 2. The molecule has 0 amide bonds. The second kappa shape index (κ2) is 4.20. The number of nitrogens with zero attached hydrogens (tertiary/aromatic N) is 4. The highest BCUT2D eigenvalue weighted by Crippen LogP contribution is 2.38. The zero-order valence-corrected chi connectivity index (χ0v) is 10.2. The van der Waals surface area contributed by atoms with Crippen molar-refractivity contribution >= 4 is 11.0 Å². The summed E-state index contributed by atoms with van der Waals surface area (Å²) >= 11 is 0. The third-order valence-electron chi connectivity index (χ3n) is 3.41. The molecular formula is C11H14N4O4. The van der Waals surface area contributed by atoms with Gasteiger partial charge in [-0.05, 0) is 6.92 Å². The highest BCUT2D eigenvalue weighted by Gasteiger charge is 2.53. The van der Waals surface area contributed by atoms with E-state index in [4.69, 9.17) is 9.84 Å². The second-order valence-corrected chi connectivity index (χ2v) is 4.77. The normalized spacial score (nSPS) is 35.1. The lowest BCUT2D eigenvalue weighted by Crippen LogP contribution is -2.44. The highest BCUT2D eigenvalue weighted by molar-refractivity contribution is 5.72. The Morgan fingerprint density at radius 3 is 2.95 bits per heavy atom. The molecule has 0 aromatic carbocycles. The van der Waals surface area contributed by atoms with E-state index in [1.165, 1.54) is 17.9 Å². The fourth-order valence-corrected chi connectivity index (χ4v) is 2.32. The second-order valence-electron chi connectivity index (χ2n) is 4.77. The predicted octanol–water partition coefficient (Wildman–Crippen LogP) is -1.17. The standard InChI is InChI=1S/C11H14N4O4/c1-11(18)8(17)7(4-16)19-10(11)15-9-6(3-14-15)2-12-5-13-9/h2-3,5,7-8,10,16-18H,4H2,1H3/t7-,8-,10-,11-/m1/s1. The van der Waals surface area contributed by atoms with Crippen LogP contribution in [0.3, 0.4) is 0 Å². The number of hydrogen-bond acceptors (Lipinski definition) is 7. The molecule has 4 atom stereocenters. The first-order valence-electron chi connectivity index (χ1n) is 5.85. The minimum atomic E-state index is -1.57. The van der Waals surface area contributed by atoms with Crippen molar-refractivity contribution < 1.29 is 20.1 Å². The molecular weight excluding hydrogens is 252 g/mol. The van der Waals surface area contributed by atoms with E-state index >= 15 is 0 Å². The summed E-state index contributed by atoms with van der Waals surface area (Å²) in [6.07, 6.45) is 1.52. The molecule has 2 aromatic rings. The Morgan fingerprint density at radius 2 is 2.26 bits per heavy atom. The van der Waals surface area contributed by atoms with E-state index in [1.807, 2.05) is 0 Å². The van der Waals surface area contributed by atoms with Crippen molar-refractivity contribution in [3.05, 3.63) is 18.7 Å². The van der Waals surface area contributed by atoms with E-state index in [0.29, 0.717) is 11.0 Å². The summed E-state index contributed by atoms with van der Waals surface area (Å²) in [5.41, 5.74) is -1.08. The molecule has 0 saturated carbocycles. The molecule has 0 bridgehead atoms. The van der Waals surface area contributed by atoms with Gasteiger partial charge in [-0.25, -0.2) is 14.6 Å². The van der Waals surface area contributed by atoms with Gasteiger partial charge in [-0.15, -0.1) is 0 Å². The van der Waals surface area contributed by atoms with Gasteiger partial charge in [0.2, 0.25) is 0 Å². The zero-order valence-electron chi connectivity index (χ0n) is 10.2. The number of ether oxygens (including phenoxy) is 1. The summed E-state index contributed by atoms with van der Waals surface area (Å²) in [6, 6.07) is 0. The Kier molecular flexibility index (Phi) is 2.75. The minimum absolute atomic E-state index is 0.387. The summed E-state index contributed by atoms with van der Waals surface area (Å²) in [6.45, 7) is 1.05. The molecule has 8 heteroatoms. The molecule has 1 aliphatic rings. The third kappa shape index (κ3) is 1.72. The van der Waals surface area contributed by atoms with Crippen LogP contribution >= 0.6 is 0 Å². The average molecular weight is 266 g/mol. The number of fused-ring (bicyclic) bond motifs is 1. The lowest BCUT2D eigenvalue weighted by Gasteiger charge is -2.26. The molecule has 1 saturated heterocycles. The maximum atomic E-state index is 10.4. The van der Waals surface area contributed by atoms with Crippen molar-refractivity contribution in [1.82, 2.24) is 19.7 Å². The third-order valence-corrected chi connectivity index (χ3v) is 3.41. The van der Waals surface area contributed by atoms with Gasteiger partial charge in [-0.3, -0.25) is 0 Å². The van der Waals surface area contributed by atoms with Crippen LogP contribution in [-0.4, -0.2) is 59.5 Å². The summed E-state index contributed by atoms with van der Waals surface area (Å²) < 4.78 is 6.87. The number of aliphatic hydroxyl groups excluding tert-OH is 2. The zero-order chi connectivity index (χ0) is 13.6. The monoisotopic (exact) mass is 266 g/mol. The average Bonchev–Trinajstić information content (AvgIpc) is 2.91. The molecule has 1 aliphatic heterocycles. The van der Waals surface area contributed by atoms with Crippen LogP contribution in [0.15, 0.2) is 18.7 Å². The number of hydrogen-bond donors (Lipinski definition) is 3. The predicted molar refractivity (Wildman–Crippen MR) is 62.9 cm³/mol. The first kappa shape index (κ1) is 12.4. The molecule has 8 nitrogen and oxygen atoms in total. The maximum Gasteiger partial charge on any atom is 0.183 e. The van der Waals surface area contributed by atoms with Gasteiger partial charge < -0.3 is 20.1 Å². The molecule has 0 radical (unpaired) electrons. The Bertz CT molecular complexity index is 599. The van der Waals surface area contributed by atoms with Gasteiger partial charge in [-0.2, -0.15) is 5.10 Å². The molecule has 3 N–H and O–H groups in total. The molecule has 2 aromatic heterocycles. The Hall–Kier alpha value is -1.61. The van der Waals surface area contributed by atoms with Crippen molar-refractivity contribution in [3.8, 4) is 0 Å². The number of aliphatic hydroxyl groups is 3. The van der Waals surface area contributed by atoms with E-state index < -0.39 is 24.0 Å². The maximum absolute atomic E-state index is 10.4. The van der Waals surface area contributed by atoms with Crippen molar-refractivity contribution in [2.24, 2.45) is 0 Å². The minimum Gasteiger partial charge on any atom is -0.394 e. The van der Waals surface area contributed by atoms with Gasteiger partial charge in [0, 0.05) is 6.20 Å². The summed E-state index contributed by atoms with van der Waals surface area (Å²) in [4.78, 5) is 7.96. The molecule has 3 rings (SSSR count). The van der Waals surface area contributed by atoms with E-state index in [0.717, 1.165) is 0 Å². The van der Waals surface area contributed by atoms with Crippen LogP contribution in [0.2, 0.25) is 0 Å². The topological polar surface area (TPSA) is 114 Å². The molecule has 0 aliphatic carbocycles. The first-order valence-corrected chi connectivity index (χ1v) is 5.85. The van der Waals surface area contributed by atoms with Crippen LogP contribution in [-0.2, 0) is 4.74 Å².